The van der Waals surface area contributed by atoms with Crippen LogP contribution in [0.3, 0.4) is 0 Å². The van der Waals surface area contributed by atoms with Crippen LogP contribution in [0.15, 0.2) is 6.07 Å². The first-order valence-electron chi connectivity index (χ1n) is 6.79. The van der Waals surface area contributed by atoms with E-state index in [-0.39, 0.29) is 17.7 Å². The van der Waals surface area contributed by atoms with E-state index in [1.54, 1.807) is 7.11 Å². The van der Waals surface area contributed by atoms with Crippen molar-refractivity contribution < 1.29 is 17.9 Å². The van der Waals surface area contributed by atoms with Gasteiger partial charge < -0.3 is 15.4 Å². The van der Waals surface area contributed by atoms with E-state index in [1.807, 2.05) is 13.8 Å². The van der Waals surface area contributed by atoms with Crippen molar-refractivity contribution in [2.45, 2.75) is 26.4 Å². The predicted octanol–water partition coefficient (Wildman–Crippen LogP) is 3.01. The van der Waals surface area contributed by atoms with E-state index in [1.165, 1.54) is 0 Å². The lowest BCUT2D eigenvalue weighted by atomic mass is 10.2. The second-order valence-corrected chi connectivity index (χ2v) is 4.83. The average molecular weight is 306 g/mol. The molecule has 21 heavy (non-hydrogen) atoms. The van der Waals surface area contributed by atoms with E-state index >= 15 is 0 Å². The number of hydrogen-bond donors (Lipinski definition) is 2. The summed E-state index contributed by atoms with van der Waals surface area (Å²) >= 11 is 0. The highest BCUT2D eigenvalue weighted by Gasteiger charge is 2.33. The van der Waals surface area contributed by atoms with Gasteiger partial charge in [0.05, 0.1) is 6.61 Å². The van der Waals surface area contributed by atoms with Crippen LogP contribution in [0.25, 0.3) is 0 Å². The Kier molecular flexibility index (Phi) is 6.67. The molecule has 0 saturated carbocycles. The lowest BCUT2D eigenvalue weighted by molar-refractivity contribution is -0.141. The Hall–Kier alpha value is -1.57. The van der Waals surface area contributed by atoms with Gasteiger partial charge in [0.15, 0.2) is 5.69 Å². The van der Waals surface area contributed by atoms with Crippen LogP contribution >= 0.6 is 0 Å². The number of methoxy groups -OCH3 is 1. The van der Waals surface area contributed by atoms with E-state index in [0.29, 0.717) is 19.7 Å². The summed E-state index contributed by atoms with van der Waals surface area (Å²) in [5, 5.41) is 5.66. The zero-order valence-electron chi connectivity index (χ0n) is 12.4. The first-order chi connectivity index (χ1) is 9.86. The van der Waals surface area contributed by atoms with Crippen LogP contribution in [0, 0.1) is 5.92 Å². The number of halogens is 3. The summed E-state index contributed by atoms with van der Waals surface area (Å²) in [6, 6.07) is 0.913. The highest BCUT2D eigenvalue weighted by Crippen LogP contribution is 2.29. The van der Waals surface area contributed by atoms with E-state index in [0.717, 1.165) is 12.5 Å². The summed E-state index contributed by atoms with van der Waals surface area (Å²) in [5.74, 6) is 0.291. The van der Waals surface area contributed by atoms with Crippen molar-refractivity contribution in [1.29, 1.82) is 0 Å². The second-order valence-electron chi connectivity index (χ2n) is 4.83. The van der Waals surface area contributed by atoms with Gasteiger partial charge in [-0.1, -0.05) is 13.8 Å². The van der Waals surface area contributed by atoms with Crippen molar-refractivity contribution in [3.8, 4) is 0 Å². The third kappa shape index (κ3) is 6.16. The molecule has 1 rings (SSSR count). The SMILES string of the molecule is CCCNc1nc(NCC(C)COC)cc(C(F)(F)F)n1. The normalized spacial score (nSPS) is 13.0. The van der Waals surface area contributed by atoms with Crippen LogP contribution in [0.2, 0.25) is 0 Å². The summed E-state index contributed by atoms with van der Waals surface area (Å²) in [6.45, 7) is 5.34. The molecule has 1 aromatic rings. The number of aromatic nitrogens is 2. The molecular formula is C13H21F3N4O. The molecule has 0 fully saturated rings. The summed E-state index contributed by atoms with van der Waals surface area (Å²) in [6.07, 6.45) is -3.73. The third-order valence-corrected chi connectivity index (χ3v) is 2.63. The first-order valence-corrected chi connectivity index (χ1v) is 6.79. The Morgan fingerprint density at radius 3 is 2.57 bits per heavy atom. The van der Waals surface area contributed by atoms with Gasteiger partial charge in [0, 0.05) is 26.3 Å². The number of anilines is 2. The smallest absolute Gasteiger partial charge is 0.384 e. The molecule has 1 unspecified atom stereocenters. The molecule has 0 spiro atoms. The quantitative estimate of drug-likeness (QED) is 0.773. The monoisotopic (exact) mass is 306 g/mol. The minimum Gasteiger partial charge on any atom is -0.384 e. The molecule has 0 amide bonds. The van der Waals surface area contributed by atoms with E-state index in [2.05, 4.69) is 20.6 Å². The van der Waals surface area contributed by atoms with Gasteiger partial charge in [0.25, 0.3) is 0 Å². The Morgan fingerprint density at radius 2 is 2.00 bits per heavy atom. The predicted molar refractivity (Wildman–Crippen MR) is 75.3 cm³/mol. The molecule has 1 atom stereocenters. The molecule has 0 bridgehead atoms. The Morgan fingerprint density at radius 1 is 1.29 bits per heavy atom. The number of nitrogens with zero attached hydrogens (tertiary/aromatic N) is 2. The molecule has 2 N–H and O–H groups in total. The Bertz CT molecular complexity index is 440. The molecule has 120 valence electrons. The molecule has 0 saturated heterocycles. The van der Waals surface area contributed by atoms with Crippen LogP contribution < -0.4 is 10.6 Å². The number of nitrogens with one attached hydrogen (secondary N) is 2. The minimum atomic E-state index is -4.50. The molecule has 0 aliphatic carbocycles. The van der Waals surface area contributed by atoms with E-state index < -0.39 is 11.9 Å². The van der Waals surface area contributed by atoms with Crippen LogP contribution in [0.1, 0.15) is 26.0 Å². The van der Waals surface area contributed by atoms with Crippen molar-refractivity contribution >= 4 is 11.8 Å². The number of rotatable bonds is 8. The maximum atomic E-state index is 12.8. The molecule has 0 aromatic carbocycles. The first kappa shape index (κ1) is 17.5. The Labute approximate surface area is 122 Å². The molecule has 5 nitrogen and oxygen atoms in total. The van der Waals surface area contributed by atoms with Crippen LogP contribution in [-0.4, -0.2) is 36.8 Å². The molecule has 8 heteroatoms. The third-order valence-electron chi connectivity index (χ3n) is 2.63. The summed E-state index contributed by atoms with van der Waals surface area (Å²) in [5.41, 5.74) is -0.960. The van der Waals surface area contributed by atoms with Gasteiger partial charge in [0.2, 0.25) is 5.95 Å². The highest BCUT2D eigenvalue weighted by atomic mass is 19.4. The van der Waals surface area contributed by atoms with Gasteiger partial charge in [-0.15, -0.1) is 0 Å². The van der Waals surface area contributed by atoms with Crippen molar-refractivity contribution in [2.24, 2.45) is 5.92 Å². The zero-order chi connectivity index (χ0) is 15.9. The average Bonchev–Trinajstić information content (AvgIpc) is 2.42. The maximum Gasteiger partial charge on any atom is 0.433 e. The highest BCUT2D eigenvalue weighted by molar-refractivity contribution is 5.43. The van der Waals surface area contributed by atoms with Gasteiger partial charge in [-0.2, -0.15) is 18.2 Å². The number of alkyl halides is 3. The van der Waals surface area contributed by atoms with Crippen LogP contribution in [0.4, 0.5) is 24.9 Å². The van der Waals surface area contributed by atoms with Crippen molar-refractivity contribution in [3.63, 3.8) is 0 Å². The molecule has 1 aromatic heterocycles. The zero-order valence-corrected chi connectivity index (χ0v) is 12.4. The van der Waals surface area contributed by atoms with E-state index in [9.17, 15) is 13.2 Å². The van der Waals surface area contributed by atoms with Gasteiger partial charge in [-0.3, -0.25) is 0 Å². The topological polar surface area (TPSA) is 59.1 Å². The lowest BCUT2D eigenvalue weighted by Crippen LogP contribution is -2.19. The largest absolute Gasteiger partial charge is 0.433 e. The molecule has 0 radical (unpaired) electrons. The van der Waals surface area contributed by atoms with Crippen LogP contribution in [-0.2, 0) is 10.9 Å². The number of hydrogen-bond acceptors (Lipinski definition) is 5. The second kappa shape index (κ2) is 8.02. The van der Waals surface area contributed by atoms with Gasteiger partial charge in [-0.25, -0.2) is 4.98 Å². The molecule has 0 aliphatic rings. The van der Waals surface area contributed by atoms with Gasteiger partial charge in [0.1, 0.15) is 5.82 Å². The van der Waals surface area contributed by atoms with Gasteiger partial charge >= 0.3 is 6.18 Å². The maximum absolute atomic E-state index is 12.8. The fourth-order valence-corrected chi connectivity index (χ4v) is 1.62. The van der Waals surface area contributed by atoms with Crippen molar-refractivity contribution in [3.05, 3.63) is 11.8 Å². The van der Waals surface area contributed by atoms with E-state index in [4.69, 9.17) is 4.74 Å². The van der Waals surface area contributed by atoms with Gasteiger partial charge in [-0.05, 0) is 12.3 Å². The molecule has 0 aliphatic heterocycles. The number of ether oxygens (including phenoxy) is 1. The summed E-state index contributed by atoms with van der Waals surface area (Å²) < 4.78 is 43.5. The lowest BCUT2D eigenvalue weighted by Gasteiger charge is -2.15. The van der Waals surface area contributed by atoms with Crippen molar-refractivity contribution in [1.82, 2.24) is 9.97 Å². The fraction of sp³-hybridized carbons (Fsp3) is 0.692. The molecule has 1 heterocycles. The minimum absolute atomic E-state index is 0.0198. The van der Waals surface area contributed by atoms with Crippen LogP contribution in [0.5, 0.6) is 0 Å². The fourth-order valence-electron chi connectivity index (χ4n) is 1.62. The summed E-state index contributed by atoms with van der Waals surface area (Å²) in [4.78, 5) is 7.54. The van der Waals surface area contributed by atoms with Crippen molar-refractivity contribution in [2.75, 3.05) is 37.4 Å². The molecular weight excluding hydrogens is 285 g/mol. The summed E-state index contributed by atoms with van der Waals surface area (Å²) in [7, 11) is 1.58. The Balaban J connectivity index is 2.85. The standard InChI is InChI=1S/C13H21F3N4O/c1-4-5-17-12-19-10(13(14,15)16)6-11(20-12)18-7-9(2)8-21-3/h6,9H,4-5,7-8H2,1-3H3,(H2,17,18,19,20).